The molecular weight excluding hydrogens is 396 g/mol. The van der Waals surface area contributed by atoms with Crippen LogP contribution in [0.1, 0.15) is 29.4 Å². The van der Waals surface area contributed by atoms with Gasteiger partial charge >= 0.3 is 12.4 Å². The molecule has 6 nitrogen and oxygen atoms in total. The zero-order valence-electron chi connectivity index (χ0n) is 14.0. The fourth-order valence-corrected chi connectivity index (χ4v) is 2.16. The lowest BCUT2D eigenvalue weighted by atomic mass is 10.1. The van der Waals surface area contributed by atoms with Crippen molar-refractivity contribution in [3.05, 3.63) is 45.7 Å². The Morgan fingerprint density at radius 1 is 1.11 bits per heavy atom. The third-order valence-corrected chi connectivity index (χ3v) is 3.44. The molecule has 0 aliphatic heterocycles. The van der Waals surface area contributed by atoms with Crippen molar-refractivity contribution in [3.8, 4) is 0 Å². The van der Waals surface area contributed by atoms with E-state index < -0.39 is 52.9 Å². The number of nitrogens with zero attached hydrogens (tertiary/aromatic N) is 1. The molecule has 1 aromatic carbocycles. The number of hydrogen-bond acceptors (Lipinski definition) is 4. The van der Waals surface area contributed by atoms with E-state index in [1.807, 2.05) is 0 Å². The van der Waals surface area contributed by atoms with Crippen LogP contribution in [-0.2, 0) is 11.0 Å². The van der Waals surface area contributed by atoms with Gasteiger partial charge < -0.3 is 4.98 Å². The number of aromatic amines is 1. The van der Waals surface area contributed by atoms with Crippen LogP contribution in [0.4, 0.5) is 26.3 Å². The van der Waals surface area contributed by atoms with Crippen molar-refractivity contribution in [2.24, 2.45) is 5.10 Å². The van der Waals surface area contributed by atoms with Crippen LogP contribution in [0.3, 0.4) is 0 Å². The van der Waals surface area contributed by atoms with Gasteiger partial charge in [-0.1, -0.05) is 0 Å². The highest BCUT2D eigenvalue weighted by atomic mass is 19.4. The molecule has 1 amide bonds. The normalized spacial score (nSPS) is 12.9. The van der Waals surface area contributed by atoms with Crippen LogP contribution in [0, 0.1) is 0 Å². The van der Waals surface area contributed by atoms with Gasteiger partial charge in [-0.15, -0.1) is 0 Å². The summed E-state index contributed by atoms with van der Waals surface area (Å²) in [6, 6.07) is 2.80. The highest BCUT2D eigenvalue weighted by Gasteiger charge is 2.36. The maximum atomic E-state index is 12.8. The van der Waals surface area contributed by atoms with Crippen LogP contribution in [0.5, 0.6) is 0 Å². The van der Waals surface area contributed by atoms with E-state index in [1.165, 1.54) is 0 Å². The standard InChI is InChI=1S/C16H11F6N3O3/c1-7(26)4-13(16(20,21)22)24-25-14(28)11-6-12(27)9-5-8(15(17,18)19)2-3-10(9)23-11/h2-3,5-6H,4H2,1H3,(H,23,27)(H,25,28)/b24-13-. The highest BCUT2D eigenvalue weighted by Crippen LogP contribution is 2.30. The molecule has 0 radical (unpaired) electrons. The first-order valence-electron chi connectivity index (χ1n) is 7.47. The van der Waals surface area contributed by atoms with Crippen LogP contribution >= 0.6 is 0 Å². The number of Topliss-reactive ketones (excluding diaryl/α,β-unsaturated/α-hetero) is 1. The van der Waals surface area contributed by atoms with E-state index in [2.05, 4.69) is 10.1 Å². The monoisotopic (exact) mass is 407 g/mol. The summed E-state index contributed by atoms with van der Waals surface area (Å²) < 4.78 is 76.4. The molecule has 1 heterocycles. The molecule has 150 valence electrons. The summed E-state index contributed by atoms with van der Waals surface area (Å²) in [6.45, 7) is 0.902. The number of fused-ring (bicyclic) bond motifs is 1. The largest absolute Gasteiger partial charge is 0.431 e. The molecule has 0 fully saturated rings. The Labute approximate surface area is 152 Å². The number of hydrazone groups is 1. The van der Waals surface area contributed by atoms with Gasteiger partial charge in [0.15, 0.2) is 5.43 Å². The van der Waals surface area contributed by atoms with Crippen molar-refractivity contribution in [2.45, 2.75) is 25.7 Å². The van der Waals surface area contributed by atoms with E-state index in [-0.39, 0.29) is 10.9 Å². The molecule has 0 atom stereocenters. The predicted octanol–water partition coefficient (Wildman–Crippen LogP) is 3.17. The Morgan fingerprint density at radius 3 is 2.29 bits per heavy atom. The third kappa shape index (κ3) is 4.96. The van der Waals surface area contributed by atoms with Crippen molar-refractivity contribution >= 4 is 28.3 Å². The van der Waals surface area contributed by atoms with Crippen molar-refractivity contribution in [1.29, 1.82) is 0 Å². The zero-order valence-corrected chi connectivity index (χ0v) is 14.0. The first kappa shape index (κ1) is 21.1. The molecule has 12 heteroatoms. The van der Waals surface area contributed by atoms with Gasteiger partial charge in [-0.3, -0.25) is 14.4 Å². The summed E-state index contributed by atoms with van der Waals surface area (Å²) in [6.07, 6.45) is -10.7. The number of aromatic nitrogens is 1. The van der Waals surface area contributed by atoms with Crippen LogP contribution in [-0.4, -0.2) is 28.6 Å². The van der Waals surface area contributed by atoms with Gasteiger partial charge in [0.2, 0.25) is 0 Å². The van der Waals surface area contributed by atoms with Gasteiger partial charge in [0.1, 0.15) is 17.2 Å². The van der Waals surface area contributed by atoms with Crippen LogP contribution in [0.2, 0.25) is 0 Å². The summed E-state index contributed by atoms with van der Waals surface area (Å²) in [5.41, 5.74) is -2.67. The minimum atomic E-state index is -4.97. The van der Waals surface area contributed by atoms with Gasteiger partial charge in [-0.05, 0) is 25.1 Å². The quantitative estimate of drug-likeness (QED) is 0.463. The number of nitrogens with one attached hydrogen (secondary N) is 2. The van der Waals surface area contributed by atoms with Crippen molar-refractivity contribution in [3.63, 3.8) is 0 Å². The molecule has 0 aliphatic rings. The van der Waals surface area contributed by atoms with Crippen LogP contribution < -0.4 is 10.9 Å². The number of amides is 1. The van der Waals surface area contributed by atoms with Crippen LogP contribution in [0.25, 0.3) is 10.9 Å². The molecule has 0 saturated heterocycles. The second-order valence-electron chi connectivity index (χ2n) is 5.68. The van der Waals surface area contributed by atoms with E-state index in [0.717, 1.165) is 13.0 Å². The molecular formula is C16H11F6N3O3. The molecule has 0 spiro atoms. The SMILES string of the molecule is CC(=O)C/C(=N/NC(=O)c1cc(=O)c2cc(C(F)(F)F)ccc2[nH]1)C(F)(F)F. The maximum absolute atomic E-state index is 12.8. The van der Waals surface area contributed by atoms with Crippen molar-refractivity contribution < 1.29 is 35.9 Å². The molecule has 0 unspecified atom stereocenters. The number of H-pyrrole nitrogens is 1. The molecule has 1 aromatic heterocycles. The predicted molar refractivity (Wildman–Crippen MR) is 85.8 cm³/mol. The fourth-order valence-electron chi connectivity index (χ4n) is 2.16. The topological polar surface area (TPSA) is 91.4 Å². The van der Waals surface area contributed by atoms with E-state index in [0.29, 0.717) is 18.2 Å². The number of hydrogen-bond donors (Lipinski definition) is 2. The van der Waals surface area contributed by atoms with Crippen molar-refractivity contribution in [1.82, 2.24) is 10.4 Å². The molecule has 0 saturated carbocycles. The second kappa shape index (κ2) is 7.44. The summed E-state index contributed by atoms with van der Waals surface area (Å²) in [5.74, 6) is -2.09. The van der Waals surface area contributed by atoms with Crippen molar-refractivity contribution in [2.75, 3.05) is 0 Å². The number of carbonyl (C=O) groups is 2. The second-order valence-corrected chi connectivity index (χ2v) is 5.68. The molecule has 28 heavy (non-hydrogen) atoms. The zero-order chi connectivity index (χ0) is 21.3. The van der Waals surface area contributed by atoms with Gasteiger partial charge in [0.25, 0.3) is 5.91 Å². The number of ketones is 1. The number of pyridine rings is 1. The number of carbonyl (C=O) groups excluding carboxylic acids is 2. The van der Waals surface area contributed by atoms with Gasteiger partial charge in [0, 0.05) is 17.0 Å². The molecule has 2 rings (SSSR count). The third-order valence-electron chi connectivity index (χ3n) is 3.44. The fraction of sp³-hybridized carbons (Fsp3) is 0.250. The minimum absolute atomic E-state index is 0.130. The first-order chi connectivity index (χ1) is 12.8. The Kier molecular flexibility index (Phi) is 5.62. The average Bonchev–Trinajstić information content (AvgIpc) is 2.55. The maximum Gasteiger partial charge on any atom is 0.431 e. The number of rotatable bonds is 4. The summed E-state index contributed by atoms with van der Waals surface area (Å²) in [7, 11) is 0. The van der Waals surface area contributed by atoms with E-state index >= 15 is 0 Å². The number of alkyl halides is 6. The van der Waals surface area contributed by atoms with Gasteiger partial charge in [-0.2, -0.15) is 31.4 Å². The summed E-state index contributed by atoms with van der Waals surface area (Å²) in [5, 5.41) is 2.51. The van der Waals surface area contributed by atoms with Gasteiger partial charge in [0.05, 0.1) is 12.0 Å². The summed E-state index contributed by atoms with van der Waals surface area (Å²) in [4.78, 5) is 37.2. The molecule has 2 aromatic rings. The van der Waals surface area contributed by atoms with E-state index in [9.17, 15) is 40.7 Å². The number of halogens is 6. The number of benzene rings is 1. The molecule has 0 bridgehead atoms. The Hall–Kier alpha value is -3.18. The van der Waals surface area contributed by atoms with E-state index in [1.54, 1.807) is 5.43 Å². The summed E-state index contributed by atoms with van der Waals surface area (Å²) >= 11 is 0. The lowest BCUT2D eigenvalue weighted by molar-refractivity contribution is -0.137. The van der Waals surface area contributed by atoms with Crippen LogP contribution in [0.15, 0.2) is 34.2 Å². The first-order valence-corrected chi connectivity index (χ1v) is 7.47. The highest BCUT2D eigenvalue weighted by molar-refractivity contribution is 6.04. The lowest BCUT2D eigenvalue weighted by Crippen LogP contribution is -2.30. The van der Waals surface area contributed by atoms with E-state index in [4.69, 9.17) is 0 Å². The Morgan fingerprint density at radius 2 is 1.75 bits per heavy atom. The molecule has 2 N–H and O–H groups in total. The lowest BCUT2D eigenvalue weighted by Gasteiger charge is -2.10. The smallest absolute Gasteiger partial charge is 0.350 e. The Bertz CT molecular complexity index is 1020. The van der Waals surface area contributed by atoms with Gasteiger partial charge in [-0.25, -0.2) is 5.43 Å². The minimum Gasteiger partial charge on any atom is -0.350 e. The Balaban J connectivity index is 2.37. The molecule has 0 aliphatic carbocycles. The average molecular weight is 407 g/mol.